The highest BCUT2D eigenvalue weighted by atomic mass is 16.5. The maximum absolute atomic E-state index is 12.6. The molecule has 0 fully saturated rings. The number of hydrogen-bond donors (Lipinski definition) is 2. The van der Waals surface area contributed by atoms with E-state index in [1.54, 1.807) is 36.4 Å². The molecule has 3 aromatic rings. The van der Waals surface area contributed by atoms with Gasteiger partial charge < -0.3 is 19.8 Å². The van der Waals surface area contributed by atoms with Crippen LogP contribution >= 0.6 is 0 Å². The molecule has 0 aliphatic heterocycles. The highest BCUT2D eigenvalue weighted by molar-refractivity contribution is 6.06. The molecule has 1 heterocycles. The minimum absolute atomic E-state index is 0.0470. The van der Waals surface area contributed by atoms with Crippen molar-refractivity contribution in [1.29, 1.82) is 0 Å². The molecule has 2 aromatic carbocycles. The first-order valence-electron chi connectivity index (χ1n) is 7.73. The van der Waals surface area contributed by atoms with Crippen LogP contribution in [-0.4, -0.2) is 31.1 Å². The highest BCUT2D eigenvalue weighted by Crippen LogP contribution is 2.21. The van der Waals surface area contributed by atoms with Crippen LogP contribution in [0.3, 0.4) is 0 Å². The van der Waals surface area contributed by atoms with E-state index >= 15 is 0 Å². The van der Waals surface area contributed by atoms with Gasteiger partial charge in [0.2, 0.25) is 5.43 Å². The molecule has 0 aliphatic carbocycles. The van der Waals surface area contributed by atoms with Gasteiger partial charge in [-0.2, -0.15) is 0 Å². The number of rotatable bonds is 4. The van der Waals surface area contributed by atoms with Gasteiger partial charge in [-0.3, -0.25) is 9.59 Å². The van der Waals surface area contributed by atoms with E-state index in [1.165, 1.54) is 26.5 Å². The Morgan fingerprint density at radius 3 is 2.58 bits per heavy atom. The lowest BCUT2D eigenvalue weighted by molar-refractivity contribution is 0.0600. The summed E-state index contributed by atoms with van der Waals surface area (Å²) >= 11 is 0. The number of esters is 1. The van der Waals surface area contributed by atoms with Gasteiger partial charge in [0.05, 0.1) is 30.7 Å². The lowest BCUT2D eigenvalue weighted by Gasteiger charge is -2.09. The Morgan fingerprint density at radius 1 is 1.08 bits per heavy atom. The van der Waals surface area contributed by atoms with Crippen molar-refractivity contribution in [2.24, 2.45) is 0 Å². The van der Waals surface area contributed by atoms with Crippen LogP contribution in [-0.2, 0) is 4.74 Å². The second kappa shape index (κ2) is 7.10. The van der Waals surface area contributed by atoms with Gasteiger partial charge >= 0.3 is 5.97 Å². The molecule has 0 saturated carbocycles. The Hall–Kier alpha value is -3.61. The molecule has 0 unspecified atom stereocenters. The van der Waals surface area contributed by atoms with E-state index in [1.807, 2.05) is 0 Å². The summed E-state index contributed by atoms with van der Waals surface area (Å²) in [5, 5.41) is 2.96. The molecule has 0 saturated heterocycles. The first kappa shape index (κ1) is 17.2. The van der Waals surface area contributed by atoms with Gasteiger partial charge in [0.1, 0.15) is 11.3 Å². The largest absolute Gasteiger partial charge is 0.495 e. The number of pyridine rings is 1. The van der Waals surface area contributed by atoms with E-state index in [0.29, 0.717) is 27.9 Å². The number of benzene rings is 2. The molecule has 0 aliphatic rings. The second-order valence-electron chi connectivity index (χ2n) is 5.44. The summed E-state index contributed by atoms with van der Waals surface area (Å²) in [6.45, 7) is 0. The fraction of sp³-hybridized carbons (Fsp3) is 0.105. The van der Waals surface area contributed by atoms with Gasteiger partial charge in [-0.25, -0.2) is 4.79 Å². The Labute approximate surface area is 148 Å². The maximum atomic E-state index is 12.6. The minimum Gasteiger partial charge on any atom is -0.495 e. The average Bonchev–Trinajstić information content (AvgIpc) is 2.67. The number of carbonyl (C=O) groups is 2. The monoisotopic (exact) mass is 352 g/mol. The van der Waals surface area contributed by atoms with Crippen molar-refractivity contribution in [3.05, 3.63) is 70.0 Å². The van der Waals surface area contributed by atoms with Crippen molar-refractivity contribution in [2.45, 2.75) is 0 Å². The third-order valence-corrected chi connectivity index (χ3v) is 3.88. The average molecular weight is 352 g/mol. The molecule has 7 heteroatoms. The predicted molar refractivity (Wildman–Crippen MR) is 96.9 cm³/mol. The van der Waals surface area contributed by atoms with Crippen LogP contribution < -0.4 is 15.5 Å². The number of H-pyrrole nitrogens is 1. The third-order valence-electron chi connectivity index (χ3n) is 3.88. The SMILES string of the molecule is COC(=O)c1cccc(NC(=O)c2c[nH]c3c(OC)cccc3c2=O)c1. The molecule has 2 N–H and O–H groups in total. The van der Waals surface area contributed by atoms with E-state index in [4.69, 9.17) is 4.74 Å². The van der Waals surface area contributed by atoms with Crippen LogP contribution in [0.4, 0.5) is 5.69 Å². The van der Waals surface area contributed by atoms with Crippen LogP contribution in [0.5, 0.6) is 5.75 Å². The van der Waals surface area contributed by atoms with Crippen LogP contribution in [0, 0.1) is 0 Å². The van der Waals surface area contributed by atoms with Crippen molar-refractivity contribution in [1.82, 2.24) is 4.98 Å². The number of aromatic amines is 1. The maximum Gasteiger partial charge on any atom is 0.337 e. The zero-order valence-electron chi connectivity index (χ0n) is 14.2. The summed E-state index contributed by atoms with van der Waals surface area (Å²) in [4.78, 5) is 39.7. The number of anilines is 1. The van der Waals surface area contributed by atoms with E-state index < -0.39 is 17.3 Å². The van der Waals surface area contributed by atoms with Crippen molar-refractivity contribution in [3.8, 4) is 5.75 Å². The lowest BCUT2D eigenvalue weighted by Crippen LogP contribution is -2.22. The van der Waals surface area contributed by atoms with Gasteiger partial charge in [-0.05, 0) is 30.3 Å². The van der Waals surface area contributed by atoms with Crippen LogP contribution in [0.2, 0.25) is 0 Å². The van der Waals surface area contributed by atoms with E-state index in [9.17, 15) is 14.4 Å². The molecule has 3 rings (SSSR count). The lowest BCUT2D eigenvalue weighted by atomic mass is 10.1. The number of carbonyl (C=O) groups excluding carboxylic acids is 2. The first-order chi connectivity index (χ1) is 12.5. The van der Waals surface area contributed by atoms with E-state index in [-0.39, 0.29) is 5.56 Å². The molecular formula is C19H16N2O5. The molecule has 1 aromatic heterocycles. The summed E-state index contributed by atoms with van der Waals surface area (Å²) in [6.07, 6.45) is 1.34. The topological polar surface area (TPSA) is 97.5 Å². The molecule has 132 valence electrons. The fourth-order valence-electron chi connectivity index (χ4n) is 2.60. The van der Waals surface area contributed by atoms with Crippen molar-refractivity contribution < 1.29 is 19.1 Å². The van der Waals surface area contributed by atoms with Gasteiger partial charge in [-0.1, -0.05) is 12.1 Å². The van der Waals surface area contributed by atoms with Crippen LogP contribution in [0.15, 0.2) is 53.5 Å². The van der Waals surface area contributed by atoms with Gasteiger partial charge in [0.15, 0.2) is 0 Å². The van der Waals surface area contributed by atoms with Crippen molar-refractivity contribution in [2.75, 3.05) is 19.5 Å². The second-order valence-corrected chi connectivity index (χ2v) is 5.44. The summed E-state index contributed by atoms with van der Waals surface area (Å²) in [7, 11) is 2.78. The molecule has 26 heavy (non-hydrogen) atoms. The standard InChI is InChI=1S/C19H16N2O5/c1-25-15-8-4-7-13-16(15)20-10-14(17(13)22)18(23)21-12-6-3-5-11(9-12)19(24)26-2/h3-10H,1-2H3,(H,20,22)(H,21,23). The van der Waals surface area contributed by atoms with E-state index in [0.717, 1.165) is 0 Å². The number of para-hydroxylation sites is 1. The molecule has 0 spiro atoms. The number of aromatic nitrogens is 1. The zero-order chi connectivity index (χ0) is 18.7. The number of nitrogens with one attached hydrogen (secondary N) is 2. The van der Waals surface area contributed by atoms with Crippen LogP contribution in [0.25, 0.3) is 10.9 Å². The molecule has 7 nitrogen and oxygen atoms in total. The molecule has 0 bridgehead atoms. The van der Waals surface area contributed by atoms with Gasteiger partial charge in [-0.15, -0.1) is 0 Å². The van der Waals surface area contributed by atoms with Gasteiger partial charge in [0.25, 0.3) is 5.91 Å². The molecular weight excluding hydrogens is 336 g/mol. The Morgan fingerprint density at radius 2 is 1.85 bits per heavy atom. The molecule has 0 atom stereocenters. The number of amides is 1. The minimum atomic E-state index is -0.585. The molecule has 0 radical (unpaired) electrons. The third kappa shape index (κ3) is 3.14. The highest BCUT2D eigenvalue weighted by Gasteiger charge is 2.15. The predicted octanol–water partition coefficient (Wildman–Crippen LogP) is 2.58. The Balaban J connectivity index is 1.95. The number of fused-ring (bicyclic) bond motifs is 1. The number of ether oxygens (including phenoxy) is 2. The van der Waals surface area contributed by atoms with E-state index in [2.05, 4.69) is 15.0 Å². The fourth-order valence-corrected chi connectivity index (χ4v) is 2.60. The smallest absolute Gasteiger partial charge is 0.337 e. The molecule has 1 amide bonds. The Bertz CT molecular complexity index is 1060. The normalized spacial score (nSPS) is 10.4. The summed E-state index contributed by atoms with van der Waals surface area (Å²) in [5.74, 6) is -0.591. The zero-order valence-corrected chi connectivity index (χ0v) is 14.2. The van der Waals surface area contributed by atoms with Crippen molar-refractivity contribution >= 4 is 28.5 Å². The summed E-state index contributed by atoms with van der Waals surface area (Å²) in [5.41, 5.74) is 0.725. The first-order valence-corrected chi connectivity index (χ1v) is 7.73. The number of methoxy groups -OCH3 is 2. The van der Waals surface area contributed by atoms with Gasteiger partial charge in [0, 0.05) is 11.9 Å². The number of hydrogen-bond acceptors (Lipinski definition) is 5. The Kier molecular flexibility index (Phi) is 4.70. The quantitative estimate of drug-likeness (QED) is 0.704. The summed E-state index contributed by atoms with van der Waals surface area (Å²) < 4.78 is 9.86. The van der Waals surface area contributed by atoms with Crippen molar-refractivity contribution in [3.63, 3.8) is 0 Å². The summed E-state index contributed by atoms with van der Waals surface area (Å²) in [6, 6.07) is 11.3. The van der Waals surface area contributed by atoms with Crippen LogP contribution in [0.1, 0.15) is 20.7 Å².